The summed E-state index contributed by atoms with van der Waals surface area (Å²) in [4.78, 5) is 48.6. The predicted octanol–water partition coefficient (Wildman–Crippen LogP) is 9.02. The number of aromatic nitrogens is 3. The lowest BCUT2D eigenvalue weighted by atomic mass is 9.95. The minimum Gasteiger partial charge on any atom is -0.462 e. The van der Waals surface area contributed by atoms with Gasteiger partial charge in [0, 0.05) is 33.3 Å². The van der Waals surface area contributed by atoms with Gasteiger partial charge in [0.2, 0.25) is 0 Å². The number of hydrogen-bond acceptors (Lipinski definition) is 8. The fourth-order valence-electron chi connectivity index (χ4n) is 6.84. The number of benzene rings is 1. The summed E-state index contributed by atoms with van der Waals surface area (Å²) in [5.41, 5.74) is 6.52. The van der Waals surface area contributed by atoms with Crippen LogP contribution in [0.25, 0.3) is 15.2 Å². The quantitative estimate of drug-likeness (QED) is 0.0499. The Labute approximate surface area is 300 Å². The first-order valence-corrected chi connectivity index (χ1v) is 19.7. The van der Waals surface area contributed by atoms with Gasteiger partial charge in [-0.2, -0.15) is 0 Å². The van der Waals surface area contributed by atoms with E-state index in [-0.39, 0.29) is 23.1 Å². The number of rotatable bonds is 9. The molecule has 0 amide bonds. The number of allylic oxidation sites excluding steroid dienone is 1. The van der Waals surface area contributed by atoms with Crippen LogP contribution in [0.4, 0.5) is 0 Å². The molecule has 2 aliphatic carbocycles. The Morgan fingerprint density at radius 2 is 1.65 bits per heavy atom. The van der Waals surface area contributed by atoms with Crippen molar-refractivity contribution in [2.45, 2.75) is 90.8 Å². The van der Waals surface area contributed by atoms with Crippen molar-refractivity contribution in [2.24, 2.45) is 0 Å². The third kappa shape index (κ3) is 7.14. The highest BCUT2D eigenvalue weighted by Gasteiger charge is 2.30. The van der Waals surface area contributed by atoms with Crippen LogP contribution in [0.5, 0.6) is 0 Å². The maximum absolute atomic E-state index is 13.7. The number of aryl methyl sites for hydroxylation is 5. The van der Waals surface area contributed by atoms with E-state index in [1.54, 1.807) is 33.3 Å². The molecule has 7 rings (SSSR count). The van der Waals surface area contributed by atoms with E-state index >= 15 is 0 Å². The molecule has 0 spiro atoms. The zero-order valence-electron chi connectivity index (χ0n) is 28.7. The molecule has 0 bridgehead atoms. The van der Waals surface area contributed by atoms with Crippen LogP contribution < -0.4 is 5.56 Å². The molecule has 5 aromatic rings. The van der Waals surface area contributed by atoms with E-state index in [9.17, 15) is 14.4 Å². The Hall–Kier alpha value is -3.73. The minimum absolute atomic E-state index is 0.0386. The molecule has 256 valence electrons. The van der Waals surface area contributed by atoms with Crippen LogP contribution in [0.3, 0.4) is 0 Å². The predicted molar refractivity (Wildman–Crippen MR) is 203 cm³/mol. The van der Waals surface area contributed by atoms with E-state index in [1.807, 2.05) is 49.6 Å². The molecule has 7 nitrogen and oxygen atoms in total. The summed E-state index contributed by atoms with van der Waals surface area (Å²) in [6, 6.07) is 12.2. The van der Waals surface area contributed by atoms with Crippen LogP contribution in [0.15, 0.2) is 59.0 Å². The molecule has 0 N–H and O–H groups in total. The molecule has 4 aromatic heterocycles. The van der Waals surface area contributed by atoms with E-state index in [0.29, 0.717) is 29.4 Å². The number of carbonyl (C=O) groups is 2. The van der Waals surface area contributed by atoms with Crippen LogP contribution in [-0.2, 0) is 37.0 Å². The summed E-state index contributed by atoms with van der Waals surface area (Å²) in [5.74, 6) is -0.182. The SMILES string of the molecule is C=CCn1c(SCC(=O)c2cc(C)n(-c3sc4c(c3C(=O)OCC)CCCC4)c2C)nc2sc3c(c2c1=O)CCCC3.Cc1ccccc1. The molecule has 0 atom stereocenters. The number of thioether (sulfide) groups is 1. The number of esters is 1. The van der Waals surface area contributed by atoms with E-state index in [0.717, 1.165) is 89.1 Å². The first-order chi connectivity index (χ1) is 23.7. The van der Waals surface area contributed by atoms with E-state index in [4.69, 9.17) is 9.72 Å². The van der Waals surface area contributed by atoms with Crippen LogP contribution in [0.2, 0.25) is 0 Å². The number of nitrogens with zero attached hydrogens (tertiary/aromatic N) is 3. The number of ketones is 1. The summed E-state index contributed by atoms with van der Waals surface area (Å²) in [7, 11) is 0. The molecule has 10 heteroatoms. The normalized spacial score (nSPS) is 13.7. The van der Waals surface area contributed by atoms with Crippen molar-refractivity contribution in [3.05, 3.63) is 108 Å². The van der Waals surface area contributed by atoms with Gasteiger partial charge >= 0.3 is 5.97 Å². The second-order valence-electron chi connectivity index (χ2n) is 12.6. The van der Waals surface area contributed by atoms with Gasteiger partial charge in [-0.3, -0.25) is 14.2 Å². The van der Waals surface area contributed by atoms with Gasteiger partial charge in [0.1, 0.15) is 9.83 Å². The summed E-state index contributed by atoms with van der Waals surface area (Å²) in [6.45, 7) is 12.3. The highest BCUT2D eigenvalue weighted by atomic mass is 32.2. The average Bonchev–Trinajstić information content (AvgIpc) is 3.76. The second kappa shape index (κ2) is 15.4. The van der Waals surface area contributed by atoms with Crippen molar-refractivity contribution >= 4 is 56.4 Å². The Morgan fingerprint density at radius 1 is 0.980 bits per heavy atom. The molecular formula is C39H43N3O4S3. The molecule has 0 unspecified atom stereocenters. The summed E-state index contributed by atoms with van der Waals surface area (Å²) >= 11 is 4.57. The molecular weight excluding hydrogens is 671 g/mol. The fourth-order valence-corrected chi connectivity index (χ4v) is 10.5. The highest BCUT2D eigenvalue weighted by molar-refractivity contribution is 7.99. The third-order valence-electron chi connectivity index (χ3n) is 9.19. The first-order valence-electron chi connectivity index (χ1n) is 17.1. The van der Waals surface area contributed by atoms with Gasteiger partial charge in [-0.15, -0.1) is 29.3 Å². The molecule has 0 radical (unpaired) electrons. The Bertz CT molecular complexity index is 2080. The third-order valence-corrected chi connectivity index (χ3v) is 12.6. The van der Waals surface area contributed by atoms with Crippen LogP contribution in [0.1, 0.15) is 91.2 Å². The number of thiophene rings is 2. The Morgan fingerprint density at radius 3 is 2.31 bits per heavy atom. The van der Waals surface area contributed by atoms with Gasteiger partial charge in [-0.25, -0.2) is 9.78 Å². The van der Waals surface area contributed by atoms with E-state index in [2.05, 4.69) is 25.6 Å². The van der Waals surface area contributed by atoms with Gasteiger partial charge in [0.05, 0.1) is 23.3 Å². The molecule has 49 heavy (non-hydrogen) atoms. The number of carbonyl (C=O) groups excluding carboxylic acids is 2. The number of fused-ring (bicyclic) bond motifs is 4. The molecule has 4 heterocycles. The smallest absolute Gasteiger partial charge is 0.341 e. The van der Waals surface area contributed by atoms with Crippen molar-refractivity contribution < 1.29 is 14.3 Å². The molecule has 0 saturated heterocycles. The molecule has 1 aromatic carbocycles. The lowest BCUT2D eigenvalue weighted by Gasteiger charge is -2.13. The van der Waals surface area contributed by atoms with Crippen LogP contribution in [-0.4, -0.2) is 38.2 Å². The lowest BCUT2D eigenvalue weighted by molar-refractivity contribution is 0.0525. The van der Waals surface area contributed by atoms with Crippen LogP contribution in [0, 0.1) is 20.8 Å². The van der Waals surface area contributed by atoms with Crippen LogP contribution >= 0.6 is 34.4 Å². The minimum atomic E-state index is -0.292. The first kappa shape index (κ1) is 35.1. The highest BCUT2D eigenvalue weighted by Crippen LogP contribution is 2.40. The van der Waals surface area contributed by atoms with Crippen molar-refractivity contribution in [3.8, 4) is 5.00 Å². The van der Waals surface area contributed by atoms with E-state index < -0.39 is 0 Å². The van der Waals surface area contributed by atoms with Gasteiger partial charge in [0.25, 0.3) is 5.56 Å². The van der Waals surface area contributed by atoms with E-state index in [1.165, 1.54) is 27.1 Å². The Kier molecular flexibility index (Phi) is 11.1. The maximum Gasteiger partial charge on any atom is 0.341 e. The number of ether oxygens (including phenoxy) is 1. The van der Waals surface area contributed by atoms with Gasteiger partial charge in [-0.1, -0.05) is 53.7 Å². The zero-order valence-corrected chi connectivity index (χ0v) is 31.2. The summed E-state index contributed by atoms with van der Waals surface area (Å²) in [5, 5.41) is 2.13. The number of hydrogen-bond donors (Lipinski definition) is 0. The lowest BCUT2D eigenvalue weighted by Crippen LogP contribution is -2.23. The van der Waals surface area contributed by atoms with Crippen molar-refractivity contribution in [2.75, 3.05) is 12.4 Å². The zero-order chi connectivity index (χ0) is 34.7. The summed E-state index contributed by atoms with van der Waals surface area (Å²) in [6.07, 6.45) is 9.88. The average molecular weight is 714 g/mol. The second-order valence-corrected chi connectivity index (χ2v) is 15.7. The molecule has 0 fully saturated rings. The molecule has 0 saturated carbocycles. The monoisotopic (exact) mass is 713 g/mol. The summed E-state index contributed by atoms with van der Waals surface area (Å²) < 4.78 is 9.17. The van der Waals surface area contributed by atoms with Crippen molar-refractivity contribution in [1.29, 1.82) is 0 Å². The topological polar surface area (TPSA) is 83.2 Å². The molecule has 2 aliphatic rings. The van der Waals surface area contributed by atoms with Gasteiger partial charge in [0.15, 0.2) is 10.9 Å². The number of Topliss-reactive ketones (excluding diaryl/α,β-unsaturated/α-hetero) is 1. The van der Waals surface area contributed by atoms with Gasteiger partial charge in [-0.05, 0) is 96.3 Å². The largest absolute Gasteiger partial charge is 0.462 e. The Balaban J connectivity index is 0.000000531. The maximum atomic E-state index is 13.7. The molecule has 0 aliphatic heterocycles. The van der Waals surface area contributed by atoms with Crippen molar-refractivity contribution in [1.82, 2.24) is 14.1 Å². The van der Waals surface area contributed by atoms with Crippen molar-refractivity contribution in [3.63, 3.8) is 0 Å². The van der Waals surface area contributed by atoms with Gasteiger partial charge < -0.3 is 9.30 Å². The standard InChI is InChI=1S/C32H35N3O4S3.C7H8/c1-5-15-34-29(37)26-20-11-7-9-13-24(20)41-28(26)33-32(34)40-17-23(36)22-16-18(3)35(19(22)4)30-27(31(38)39-6-2)21-12-8-10-14-25(21)42-30;1-7-5-3-2-4-6-7/h5,16H,1,6-15,17H2,2-4H3;2-6H,1H3. The fraction of sp³-hybridized carbons (Fsp3) is 0.385.